The van der Waals surface area contributed by atoms with Crippen molar-refractivity contribution in [3.8, 4) is 5.75 Å². The molecule has 470 valence electrons. The first-order valence-corrected chi connectivity index (χ1v) is 31.5. The van der Waals surface area contributed by atoms with Crippen LogP contribution >= 0.6 is 11.8 Å². The van der Waals surface area contributed by atoms with E-state index in [4.69, 9.17) is 33.2 Å². The first-order valence-electron chi connectivity index (χ1n) is 30.4. The zero-order valence-electron chi connectivity index (χ0n) is 50.4. The molecular formula is C62H89N11O12S. The first kappa shape index (κ1) is 67.0. The highest BCUT2D eigenvalue weighted by Crippen LogP contribution is 2.34. The zero-order valence-corrected chi connectivity index (χ0v) is 51.2. The Kier molecular flexibility index (Phi) is 29.0. The second-order valence-electron chi connectivity index (χ2n) is 21.8. The van der Waals surface area contributed by atoms with Crippen LogP contribution in [0, 0.1) is 12.8 Å². The van der Waals surface area contributed by atoms with Crippen LogP contribution in [0.25, 0.3) is 0 Å². The fraction of sp³-hybridized carbons (Fsp3) is 0.597. The molecule has 0 aliphatic carbocycles. The van der Waals surface area contributed by atoms with Crippen molar-refractivity contribution in [1.82, 2.24) is 40.5 Å². The molecule has 5 heterocycles. The smallest absolute Gasteiger partial charge is 0.315 e. The Labute approximate surface area is 509 Å². The van der Waals surface area contributed by atoms with E-state index in [2.05, 4.69) is 60.4 Å². The molecule has 86 heavy (non-hydrogen) atoms. The number of aromatic nitrogens is 5. The Bertz CT molecular complexity index is 2770. The number of carbonyl (C=O) groups is 5. The van der Waals surface area contributed by atoms with Crippen LogP contribution in [0.3, 0.4) is 0 Å². The number of rotatable bonds is 42. The number of urea groups is 1. The number of hydrogen-bond donors (Lipinski definition) is 5. The van der Waals surface area contributed by atoms with E-state index in [1.807, 2.05) is 70.7 Å². The molecule has 0 radical (unpaired) electrons. The second-order valence-corrected chi connectivity index (χ2v) is 23.0. The van der Waals surface area contributed by atoms with Crippen molar-refractivity contribution < 1.29 is 57.1 Å². The second kappa shape index (κ2) is 37.2. The molecule has 3 aliphatic rings. The number of nitrogens with zero attached hydrogens (tertiary/aromatic N) is 6. The normalized spacial score (nSPS) is 18.1. The number of nitrogens with one attached hydrogen (secondary N) is 5. The first-order chi connectivity index (χ1) is 42.0. The van der Waals surface area contributed by atoms with Gasteiger partial charge in [0.25, 0.3) is 0 Å². The van der Waals surface area contributed by atoms with Gasteiger partial charge in [-0.25, -0.2) is 14.5 Å². The molecule has 23 nitrogen and oxygen atoms in total. The van der Waals surface area contributed by atoms with Crippen molar-refractivity contribution in [2.45, 2.75) is 134 Å². The molecule has 3 aliphatic heterocycles. The van der Waals surface area contributed by atoms with Gasteiger partial charge >= 0.3 is 6.03 Å². The average molecular weight is 1210 g/mol. The molecule has 2 aromatic carbocycles. The molecule has 5 atom stereocenters. The number of Topliss-reactive ketones (excluding diaryl/α,β-unsaturated/α-hetero) is 2. The largest absolute Gasteiger partial charge is 0.491 e. The number of hydrogen-bond acceptors (Lipinski definition) is 19. The van der Waals surface area contributed by atoms with E-state index in [0.717, 1.165) is 79.0 Å². The van der Waals surface area contributed by atoms with Crippen LogP contribution in [0.2, 0.25) is 0 Å². The molecule has 4 amide bonds. The summed E-state index contributed by atoms with van der Waals surface area (Å²) < 4.78 is 42.4. The number of fused-ring (bicyclic) bond motifs is 2. The van der Waals surface area contributed by atoms with Crippen LogP contribution in [0.5, 0.6) is 5.75 Å². The molecule has 0 bridgehead atoms. The maximum absolute atomic E-state index is 13.5. The van der Waals surface area contributed by atoms with Gasteiger partial charge in [0.15, 0.2) is 0 Å². The molecular weight excluding hydrogens is 1120 g/mol. The van der Waals surface area contributed by atoms with Crippen LogP contribution in [-0.2, 0) is 60.6 Å². The lowest BCUT2D eigenvalue weighted by molar-refractivity contribution is -0.133. The van der Waals surface area contributed by atoms with Crippen LogP contribution in [0.4, 0.5) is 33.6 Å². The average Bonchev–Trinajstić information content (AvgIpc) is 3.51. The number of ketones is 2. The number of aryl methyl sites for hydroxylation is 1. The van der Waals surface area contributed by atoms with Crippen molar-refractivity contribution in [3.05, 3.63) is 84.3 Å². The summed E-state index contributed by atoms with van der Waals surface area (Å²) in [7, 11) is 1.66. The van der Waals surface area contributed by atoms with Crippen molar-refractivity contribution in [3.63, 3.8) is 0 Å². The summed E-state index contributed by atoms with van der Waals surface area (Å²) in [5.74, 6) is 2.80. The minimum atomic E-state index is -0.330. The number of unbranched alkanes of at least 4 members (excludes halogenated alkanes) is 3. The number of benzene rings is 2. The number of amides is 4. The SMILES string of the molecule is C=CC(=O)Nc1cccc(Nc2nc(Nc3cccc(OCCOCCOCCn4nnc5c4CCN(C(=O)CCCC(=O)CCCCOCCOCCOCCCCC(=O)CCCC[C@@H]4SC[C@@H]6NC(=O)N[C@@H]64)C[C@H](C)[C@H]5OC)c3)ncc2C)c1. The molecule has 0 spiro atoms. The number of carbonyl (C=O) groups excluding carboxylic acids is 5. The van der Waals surface area contributed by atoms with Gasteiger partial charge in [0.05, 0.1) is 77.2 Å². The van der Waals surface area contributed by atoms with E-state index in [1.165, 1.54) is 6.08 Å². The lowest BCUT2D eigenvalue weighted by Gasteiger charge is -2.32. The van der Waals surface area contributed by atoms with Gasteiger partial charge in [0.1, 0.15) is 41.5 Å². The van der Waals surface area contributed by atoms with E-state index in [-0.39, 0.29) is 47.7 Å². The standard InChI is InChI=1S/C62H89N11O12S/c1-5-55(76)64-46-15-12-16-47(39-46)65-60-44(2)41-63-61(69-60)66-48-17-13-22-51(40-48)85-38-37-84-36-33-82-30-27-73-53-25-26-72(42-45(3)59(79-4)58(53)70-71-73)56(77)24-14-21-50(75)20-9-11-29-81-32-35-83-34-31-80-28-10-8-19-49(74)18-6-7-23-54-57-52(43-86-54)67-62(78)68-57/h5,12-13,15-17,22,39-41,45,52,54,57,59H,1,6-11,14,18-21,23-38,42-43H2,2-4H3,(H,64,76)(H2,67,68,78)(H2,63,65,66,69)/t45-,52-,54-,57-,59+/m0/s1. The third-order valence-electron chi connectivity index (χ3n) is 15.1. The van der Waals surface area contributed by atoms with Gasteiger partial charge in [0.2, 0.25) is 17.8 Å². The van der Waals surface area contributed by atoms with Crippen LogP contribution in [-0.4, -0.2) is 175 Å². The molecule has 4 aromatic rings. The number of thioether (sulfide) groups is 1. The van der Waals surface area contributed by atoms with Gasteiger partial charge in [-0.1, -0.05) is 37.3 Å². The molecule has 2 fully saturated rings. The summed E-state index contributed by atoms with van der Waals surface area (Å²) in [6.07, 6.45) is 12.2. The van der Waals surface area contributed by atoms with E-state index >= 15 is 0 Å². The van der Waals surface area contributed by atoms with Gasteiger partial charge < -0.3 is 64.6 Å². The number of methoxy groups -OCH3 is 1. The minimum Gasteiger partial charge on any atom is -0.491 e. The van der Waals surface area contributed by atoms with Gasteiger partial charge in [-0.2, -0.15) is 16.7 Å². The van der Waals surface area contributed by atoms with Crippen molar-refractivity contribution in [1.29, 1.82) is 0 Å². The summed E-state index contributed by atoms with van der Waals surface area (Å²) in [4.78, 5) is 72.9. The predicted octanol–water partition coefficient (Wildman–Crippen LogP) is 8.23. The lowest BCUT2D eigenvalue weighted by Crippen LogP contribution is -2.40. The van der Waals surface area contributed by atoms with Gasteiger partial charge in [0, 0.05) is 124 Å². The Morgan fingerprint density at radius 3 is 2.10 bits per heavy atom. The van der Waals surface area contributed by atoms with Gasteiger partial charge in [-0.3, -0.25) is 19.2 Å². The Balaban J connectivity index is 0.668. The highest BCUT2D eigenvalue weighted by Gasteiger charge is 2.42. The van der Waals surface area contributed by atoms with E-state index in [1.54, 1.807) is 19.4 Å². The van der Waals surface area contributed by atoms with E-state index < -0.39 is 0 Å². The van der Waals surface area contributed by atoms with Crippen LogP contribution in [0.1, 0.15) is 113 Å². The molecule has 5 N–H and O–H groups in total. The van der Waals surface area contributed by atoms with Crippen molar-refractivity contribution >= 4 is 70.0 Å². The lowest BCUT2D eigenvalue weighted by atomic mass is 9.96. The molecule has 2 aromatic heterocycles. The van der Waals surface area contributed by atoms with Crippen LogP contribution < -0.4 is 31.3 Å². The van der Waals surface area contributed by atoms with Gasteiger partial charge in [-0.05, 0) is 88.3 Å². The fourth-order valence-corrected chi connectivity index (χ4v) is 12.0. The Hall–Kier alpha value is -6.54. The molecule has 7 rings (SSSR count). The summed E-state index contributed by atoms with van der Waals surface area (Å²) in [5.41, 5.74) is 4.67. The highest BCUT2D eigenvalue weighted by molar-refractivity contribution is 8.00. The van der Waals surface area contributed by atoms with Crippen LogP contribution in [0.15, 0.2) is 67.4 Å². The molecule has 24 heteroatoms. The topological polar surface area (TPSA) is 270 Å². The van der Waals surface area contributed by atoms with Gasteiger partial charge in [-0.15, -0.1) is 5.10 Å². The highest BCUT2D eigenvalue weighted by atomic mass is 32.2. The Morgan fingerprint density at radius 1 is 0.756 bits per heavy atom. The third-order valence-corrected chi connectivity index (χ3v) is 16.6. The Morgan fingerprint density at radius 2 is 1.40 bits per heavy atom. The summed E-state index contributed by atoms with van der Waals surface area (Å²) in [6, 6.07) is 15.2. The fourth-order valence-electron chi connectivity index (χ4n) is 10.5. The zero-order chi connectivity index (χ0) is 60.7. The number of anilines is 5. The quantitative estimate of drug-likeness (QED) is 0.0159. The molecule has 0 unspecified atom stereocenters. The molecule has 2 saturated heterocycles. The number of ether oxygens (including phenoxy) is 7. The van der Waals surface area contributed by atoms with Crippen molar-refractivity contribution in [2.75, 3.05) is 115 Å². The predicted molar refractivity (Wildman–Crippen MR) is 329 cm³/mol. The summed E-state index contributed by atoms with van der Waals surface area (Å²) >= 11 is 1.91. The van der Waals surface area contributed by atoms with E-state index in [0.29, 0.717) is 171 Å². The maximum Gasteiger partial charge on any atom is 0.315 e. The molecule has 0 saturated carbocycles. The summed E-state index contributed by atoms with van der Waals surface area (Å²) in [6.45, 7) is 13.9. The monoisotopic (exact) mass is 1210 g/mol. The minimum absolute atomic E-state index is 0.0244. The van der Waals surface area contributed by atoms with E-state index in [9.17, 15) is 24.0 Å². The van der Waals surface area contributed by atoms with Crippen molar-refractivity contribution in [2.24, 2.45) is 5.92 Å². The summed E-state index contributed by atoms with van der Waals surface area (Å²) in [5, 5.41) is 24.7. The third kappa shape index (κ3) is 23.0. The maximum atomic E-state index is 13.5.